The number of ether oxygens (including phenoxy) is 1. The van der Waals surface area contributed by atoms with E-state index in [-0.39, 0.29) is 19.2 Å². The van der Waals surface area contributed by atoms with E-state index in [2.05, 4.69) is 29.7 Å². The van der Waals surface area contributed by atoms with Crippen LogP contribution in [0.4, 0.5) is 0 Å². The van der Waals surface area contributed by atoms with Gasteiger partial charge in [0.25, 0.3) is 0 Å². The van der Waals surface area contributed by atoms with Crippen LogP contribution in [0.3, 0.4) is 0 Å². The van der Waals surface area contributed by atoms with Crippen LogP contribution in [0.2, 0.25) is 0 Å². The second kappa shape index (κ2) is 4.69. The SMILES string of the molecule is O=C(OC1(C2CC3CCC2C3)CCCC1)C(I)C12NI1N2. The van der Waals surface area contributed by atoms with E-state index in [1.54, 1.807) is 0 Å². The van der Waals surface area contributed by atoms with Crippen LogP contribution < -0.4 is 7.06 Å². The molecule has 3 aliphatic carbocycles. The minimum atomic E-state index is -1.05. The maximum absolute atomic E-state index is 12.7. The van der Waals surface area contributed by atoms with Crippen LogP contribution in [0.5, 0.6) is 0 Å². The van der Waals surface area contributed by atoms with Crippen LogP contribution in [-0.4, -0.2) is 19.2 Å². The van der Waals surface area contributed by atoms with Gasteiger partial charge in [0.15, 0.2) is 0 Å². The Morgan fingerprint density at radius 1 is 1.24 bits per heavy atom. The van der Waals surface area contributed by atoms with Gasteiger partial charge in [0.1, 0.15) is 0 Å². The number of halogens is 2. The number of hydrogen-bond donors (Lipinski definition) is 2. The molecule has 0 amide bonds. The standard InChI is InChI=1S/C15H22I2N2O2/c16-12(15-17(18-15)19-15)13(20)21-14(5-1-2-6-14)11-8-9-3-4-10(11)7-9/h9-12,18-19H,1-8H2. The number of carbonyl (C=O) groups excluding carboxylic acids is 1. The quantitative estimate of drug-likeness (QED) is 0.150. The summed E-state index contributed by atoms with van der Waals surface area (Å²) in [5.74, 6) is 2.49. The van der Waals surface area contributed by atoms with Gasteiger partial charge < -0.3 is 0 Å². The van der Waals surface area contributed by atoms with E-state index < -0.39 is 20.4 Å². The third-order valence-corrected chi connectivity index (χ3v) is 13.6. The van der Waals surface area contributed by atoms with E-state index in [9.17, 15) is 4.79 Å². The molecule has 4 nitrogen and oxygen atoms in total. The summed E-state index contributed by atoms with van der Waals surface area (Å²) in [5.41, 5.74) is -0.0974. The Bertz CT molecular complexity index is 488. The molecule has 21 heavy (non-hydrogen) atoms. The molecule has 2 bridgehead atoms. The van der Waals surface area contributed by atoms with Crippen molar-refractivity contribution in [3.05, 3.63) is 0 Å². The molecule has 0 spiro atoms. The van der Waals surface area contributed by atoms with E-state index in [0.29, 0.717) is 5.92 Å². The Hall–Kier alpha value is 0.850. The first-order chi connectivity index (χ1) is 10.1. The van der Waals surface area contributed by atoms with Gasteiger partial charge in [0, 0.05) is 0 Å². The summed E-state index contributed by atoms with van der Waals surface area (Å²) in [5, 5.41) is 0. The maximum atomic E-state index is 12.7. The second-order valence-electron chi connectivity index (χ2n) is 7.52. The molecule has 5 fully saturated rings. The van der Waals surface area contributed by atoms with Gasteiger partial charge in [-0.25, -0.2) is 0 Å². The first kappa shape index (κ1) is 14.2. The van der Waals surface area contributed by atoms with Gasteiger partial charge in [-0.15, -0.1) is 0 Å². The number of carbonyl (C=O) groups is 1. The Kier molecular flexibility index (Phi) is 3.18. The summed E-state index contributed by atoms with van der Waals surface area (Å²) >= 11 is 1.25. The number of nitrogens with one attached hydrogen (secondary N) is 2. The van der Waals surface area contributed by atoms with Crippen molar-refractivity contribution in [1.29, 1.82) is 0 Å². The van der Waals surface area contributed by atoms with Gasteiger partial charge in [0.2, 0.25) is 0 Å². The molecule has 5 rings (SSSR count). The summed E-state index contributed by atoms with van der Waals surface area (Å²) < 4.78 is 13.2. The van der Waals surface area contributed by atoms with E-state index in [0.717, 1.165) is 24.7 Å². The van der Waals surface area contributed by atoms with E-state index in [4.69, 9.17) is 4.74 Å². The second-order valence-corrected chi connectivity index (χ2v) is 13.2. The summed E-state index contributed by atoms with van der Waals surface area (Å²) in [4.78, 5) is 12.7. The van der Waals surface area contributed by atoms with Gasteiger partial charge in [0.05, 0.1) is 0 Å². The average molecular weight is 516 g/mol. The van der Waals surface area contributed by atoms with E-state index in [1.807, 2.05) is 0 Å². The third kappa shape index (κ3) is 2.07. The van der Waals surface area contributed by atoms with Crippen molar-refractivity contribution in [2.75, 3.05) is 0 Å². The summed E-state index contributed by atoms with van der Waals surface area (Å²) in [6, 6.07) is 0. The molecule has 3 saturated carbocycles. The van der Waals surface area contributed by atoms with Gasteiger partial charge >= 0.3 is 148 Å². The summed E-state index contributed by atoms with van der Waals surface area (Å²) in [7, 11) is 0. The molecule has 4 atom stereocenters. The summed E-state index contributed by atoms with van der Waals surface area (Å²) in [6.07, 6.45) is 10.2. The number of fused-ring (bicyclic) bond motifs is 3. The molecule has 0 aromatic heterocycles. The predicted molar refractivity (Wildman–Crippen MR) is 97.1 cm³/mol. The molecular weight excluding hydrogens is 494 g/mol. The third-order valence-electron chi connectivity index (χ3n) is 6.41. The van der Waals surface area contributed by atoms with Crippen molar-refractivity contribution in [2.24, 2.45) is 17.8 Å². The molecule has 0 radical (unpaired) electrons. The zero-order valence-electron chi connectivity index (χ0n) is 12.0. The van der Waals surface area contributed by atoms with Gasteiger partial charge in [-0.1, -0.05) is 0 Å². The summed E-state index contributed by atoms with van der Waals surface area (Å²) in [6.45, 7) is 0. The van der Waals surface area contributed by atoms with Crippen molar-refractivity contribution in [3.8, 4) is 0 Å². The molecule has 5 aliphatic rings. The Balaban J connectivity index is 1.34. The Morgan fingerprint density at radius 3 is 2.48 bits per heavy atom. The van der Waals surface area contributed by atoms with Crippen molar-refractivity contribution >= 4 is 48.9 Å². The Morgan fingerprint density at radius 2 is 1.95 bits per heavy atom. The van der Waals surface area contributed by atoms with Crippen molar-refractivity contribution in [2.45, 2.75) is 64.6 Å². The van der Waals surface area contributed by atoms with Crippen LogP contribution in [0, 0.1) is 17.8 Å². The number of alkyl halides is 2. The molecule has 2 N–H and O–H groups in total. The van der Waals surface area contributed by atoms with E-state index in [1.165, 1.54) is 38.5 Å². The predicted octanol–water partition coefficient (Wildman–Crippen LogP) is 3.28. The van der Waals surface area contributed by atoms with E-state index >= 15 is 0 Å². The van der Waals surface area contributed by atoms with Gasteiger partial charge in [-0.3, -0.25) is 0 Å². The number of esters is 1. The molecule has 2 heterocycles. The molecule has 2 saturated heterocycles. The molecule has 118 valence electrons. The normalized spacial score (nSPS) is 43.5. The molecular formula is C15H22I2N2O2. The fraction of sp³-hybridized carbons (Fsp3) is 0.933. The fourth-order valence-corrected chi connectivity index (χ4v) is 12.6. The van der Waals surface area contributed by atoms with Crippen LogP contribution in [0.1, 0.15) is 51.4 Å². The van der Waals surface area contributed by atoms with Crippen LogP contribution in [-0.2, 0) is 9.53 Å². The Labute approximate surface area is 147 Å². The zero-order chi connectivity index (χ0) is 14.2. The monoisotopic (exact) mass is 516 g/mol. The van der Waals surface area contributed by atoms with Crippen molar-refractivity contribution in [3.63, 3.8) is 0 Å². The number of rotatable bonds is 4. The molecule has 6 heteroatoms. The number of hydrogen-bond acceptors (Lipinski definition) is 4. The van der Waals surface area contributed by atoms with Crippen molar-refractivity contribution in [1.82, 2.24) is 7.06 Å². The van der Waals surface area contributed by atoms with Crippen molar-refractivity contribution < 1.29 is 9.53 Å². The minimum absolute atomic E-state index is 0.0173. The zero-order valence-corrected chi connectivity index (χ0v) is 16.4. The molecule has 0 aromatic rings. The topological polar surface area (TPSA) is 70.2 Å². The first-order valence-corrected chi connectivity index (χ1v) is 12.7. The molecule has 0 aromatic carbocycles. The fourth-order valence-electron chi connectivity index (χ4n) is 5.26. The average Bonchev–Trinajstić information content (AvgIpc) is 3.07. The van der Waals surface area contributed by atoms with Crippen LogP contribution in [0.25, 0.3) is 0 Å². The van der Waals surface area contributed by atoms with Crippen LogP contribution >= 0.6 is 43.0 Å². The first-order valence-electron chi connectivity index (χ1n) is 8.25. The molecule has 4 unspecified atom stereocenters. The van der Waals surface area contributed by atoms with Gasteiger partial charge in [-0.05, 0) is 0 Å². The van der Waals surface area contributed by atoms with Crippen LogP contribution in [0.15, 0.2) is 0 Å². The molecule has 2 aliphatic heterocycles. The van der Waals surface area contributed by atoms with Gasteiger partial charge in [-0.2, -0.15) is 0 Å².